The van der Waals surface area contributed by atoms with E-state index < -0.39 is 59.2 Å². The zero-order valence-electron chi connectivity index (χ0n) is 24.4. The Morgan fingerprint density at radius 1 is 1.10 bits per heavy atom. The number of carbonyl (C=O) groups excluding carboxylic acids is 4. The largest absolute Gasteiger partial charge is 0.504 e. The molecule has 3 rings (SSSR count). The zero-order chi connectivity index (χ0) is 31.2. The molecule has 0 aliphatic carbocycles. The summed E-state index contributed by atoms with van der Waals surface area (Å²) in [5, 5.41) is 21.4. The van der Waals surface area contributed by atoms with Crippen LogP contribution < -0.4 is 26.0 Å². The number of nitrogens with one attached hydrogen (secondary N) is 4. The summed E-state index contributed by atoms with van der Waals surface area (Å²) < 4.78 is 31.0. The van der Waals surface area contributed by atoms with E-state index in [2.05, 4.69) is 21.3 Å². The van der Waals surface area contributed by atoms with Crippen molar-refractivity contribution in [2.45, 2.75) is 57.8 Å². The van der Waals surface area contributed by atoms with E-state index >= 15 is 4.39 Å². The molecular weight excluding hydrogens is 551 g/mol. The lowest BCUT2D eigenvalue weighted by Crippen LogP contribution is -2.52. The molecule has 1 aliphatic heterocycles. The van der Waals surface area contributed by atoms with Gasteiger partial charge in [-0.15, -0.1) is 0 Å². The Bertz CT molecular complexity index is 1340. The van der Waals surface area contributed by atoms with E-state index in [1.165, 1.54) is 13.0 Å². The minimum absolute atomic E-state index is 0.00156. The molecule has 42 heavy (non-hydrogen) atoms. The van der Waals surface area contributed by atoms with Crippen LogP contribution in [0.3, 0.4) is 0 Å². The summed E-state index contributed by atoms with van der Waals surface area (Å²) in [6, 6.07) is 4.08. The molecule has 0 saturated heterocycles. The minimum atomic E-state index is -1.21. The second-order valence-corrected chi connectivity index (χ2v) is 10.7. The summed E-state index contributed by atoms with van der Waals surface area (Å²) >= 11 is 0. The van der Waals surface area contributed by atoms with Crippen molar-refractivity contribution in [3.63, 3.8) is 0 Å². The van der Waals surface area contributed by atoms with Crippen molar-refractivity contribution < 1.29 is 42.9 Å². The van der Waals surface area contributed by atoms with Crippen LogP contribution in [0.4, 0.5) is 9.18 Å². The van der Waals surface area contributed by atoms with Crippen molar-refractivity contribution in [3.05, 3.63) is 47.3 Å². The predicted octanol–water partition coefficient (Wildman–Crippen LogP) is 2.08. The molecule has 0 radical (unpaired) electrons. The lowest BCUT2D eigenvalue weighted by molar-refractivity contribution is -0.145. The first-order chi connectivity index (χ1) is 19.7. The van der Waals surface area contributed by atoms with Gasteiger partial charge in [-0.2, -0.15) is 0 Å². The molecule has 12 nitrogen and oxygen atoms in total. The van der Waals surface area contributed by atoms with Gasteiger partial charge >= 0.3 is 12.1 Å². The topological polar surface area (TPSA) is 164 Å². The van der Waals surface area contributed by atoms with E-state index in [9.17, 15) is 24.3 Å². The highest BCUT2D eigenvalue weighted by Gasteiger charge is 2.30. The number of esters is 1. The molecule has 2 aromatic carbocycles. The summed E-state index contributed by atoms with van der Waals surface area (Å²) in [7, 11) is 2.70. The predicted molar refractivity (Wildman–Crippen MR) is 150 cm³/mol. The Morgan fingerprint density at radius 2 is 1.81 bits per heavy atom. The number of likely N-dealkylation sites (N-methyl/N-ethyl adjacent to an activating group) is 1. The van der Waals surface area contributed by atoms with Crippen molar-refractivity contribution >= 4 is 23.9 Å². The van der Waals surface area contributed by atoms with Crippen LogP contribution >= 0.6 is 0 Å². The highest BCUT2D eigenvalue weighted by molar-refractivity contribution is 5.92. The summed E-state index contributed by atoms with van der Waals surface area (Å²) in [4.78, 5) is 50.5. The van der Waals surface area contributed by atoms with Gasteiger partial charge in [0.1, 0.15) is 36.1 Å². The maximum Gasteiger partial charge on any atom is 0.407 e. The van der Waals surface area contributed by atoms with Crippen molar-refractivity contribution in [1.82, 2.24) is 21.3 Å². The third kappa shape index (κ3) is 8.09. The number of hydrogen-bond donors (Lipinski definition) is 5. The van der Waals surface area contributed by atoms with E-state index in [4.69, 9.17) is 14.2 Å². The number of amides is 3. The smallest absolute Gasteiger partial charge is 0.407 e. The van der Waals surface area contributed by atoms with Crippen molar-refractivity contribution in [2.75, 3.05) is 27.3 Å². The van der Waals surface area contributed by atoms with Crippen molar-refractivity contribution in [2.24, 2.45) is 0 Å². The molecule has 4 bridgehead atoms. The number of benzene rings is 2. The molecule has 3 atom stereocenters. The molecule has 2 aromatic rings. The van der Waals surface area contributed by atoms with Crippen LogP contribution in [0.25, 0.3) is 11.1 Å². The summed E-state index contributed by atoms with van der Waals surface area (Å²) in [6.45, 7) is 6.75. The van der Waals surface area contributed by atoms with Gasteiger partial charge in [-0.1, -0.05) is 6.07 Å². The SMILES string of the molecule is CN[C@@H]1C(=O)N[C@@H](C)C(=O)N[C@H](C(=O)OC)Cc2cc(F)c(O)c(c2)-c2cc1ccc2OCCNC(=O)OC(C)(C)C. The molecule has 0 spiro atoms. The van der Waals surface area contributed by atoms with Crippen LogP contribution in [-0.4, -0.2) is 74.0 Å². The lowest BCUT2D eigenvalue weighted by Gasteiger charge is -2.24. The summed E-state index contributed by atoms with van der Waals surface area (Å²) in [5.74, 6) is -3.39. The quantitative estimate of drug-likeness (QED) is 0.251. The van der Waals surface area contributed by atoms with E-state index in [0.717, 1.165) is 13.2 Å². The first-order valence-corrected chi connectivity index (χ1v) is 13.3. The zero-order valence-corrected chi connectivity index (χ0v) is 24.4. The fraction of sp³-hybridized carbons (Fsp3) is 0.448. The average molecular weight is 589 g/mol. The minimum Gasteiger partial charge on any atom is -0.504 e. The average Bonchev–Trinajstić information content (AvgIpc) is 2.91. The molecule has 1 heterocycles. The van der Waals surface area contributed by atoms with Crippen LogP contribution in [0.2, 0.25) is 0 Å². The van der Waals surface area contributed by atoms with Crippen LogP contribution in [-0.2, 0) is 30.3 Å². The third-order valence-electron chi connectivity index (χ3n) is 6.32. The molecule has 5 N–H and O–H groups in total. The number of halogens is 1. The number of phenols is 1. The number of ether oxygens (including phenoxy) is 3. The molecule has 0 unspecified atom stereocenters. The summed E-state index contributed by atoms with van der Waals surface area (Å²) in [5.41, 5.74) is 0.312. The molecule has 1 aliphatic rings. The van der Waals surface area contributed by atoms with Crippen LogP contribution in [0.5, 0.6) is 11.5 Å². The van der Waals surface area contributed by atoms with Gasteiger partial charge in [0.05, 0.1) is 13.7 Å². The number of rotatable bonds is 6. The van der Waals surface area contributed by atoms with Gasteiger partial charge in [0.15, 0.2) is 11.6 Å². The van der Waals surface area contributed by atoms with E-state index in [1.54, 1.807) is 46.0 Å². The maximum atomic E-state index is 15.1. The van der Waals surface area contributed by atoms with Crippen molar-refractivity contribution in [1.29, 1.82) is 0 Å². The van der Waals surface area contributed by atoms with Crippen LogP contribution in [0, 0.1) is 5.82 Å². The van der Waals surface area contributed by atoms with E-state index in [0.29, 0.717) is 5.56 Å². The van der Waals surface area contributed by atoms with Gasteiger partial charge in [-0.25, -0.2) is 14.0 Å². The number of aromatic hydroxyl groups is 1. The fourth-order valence-electron chi connectivity index (χ4n) is 4.35. The number of methoxy groups -OCH3 is 1. The molecule has 228 valence electrons. The molecule has 13 heteroatoms. The standard InChI is InChI=1S/C29H37FN4O8/c1-15-25(36)34-21(27(38)40-6)13-16-11-19(24(35)20(30)12-16)18-14-17(23(31-5)26(37)33-15)7-8-22(18)41-10-9-32-28(39)42-29(2,3)4/h7-8,11-12,14-15,21,23,31,35H,9-10,13H2,1-6H3,(H,32,39)(H,33,37)(H,34,36)/t15-,21-,23-/m0/s1. The highest BCUT2D eigenvalue weighted by atomic mass is 19.1. The van der Waals surface area contributed by atoms with Gasteiger partial charge in [0, 0.05) is 17.5 Å². The van der Waals surface area contributed by atoms with Crippen molar-refractivity contribution in [3.8, 4) is 22.6 Å². The third-order valence-corrected chi connectivity index (χ3v) is 6.32. The first kappa shape index (κ1) is 32.1. The molecule has 0 fully saturated rings. The normalized spacial score (nSPS) is 19.1. The molecular formula is C29H37FN4O8. The first-order valence-electron chi connectivity index (χ1n) is 13.3. The van der Waals surface area contributed by atoms with Crippen LogP contribution in [0.15, 0.2) is 30.3 Å². The number of fused-ring (bicyclic) bond motifs is 5. The monoisotopic (exact) mass is 588 g/mol. The second-order valence-electron chi connectivity index (χ2n) is 10.7. The molecule has 3 amide bonds. The van der Waals surface area contributed by atoms with Gasteiger partial charge in [-0.05, 0) is 70.1 Å². The molecule has 0 saturated carbocycles. The Morgan fingerprint density at radius 3 is 2.45 bits per heavy atom. The van der Waals surface area contributed by atoms with Gasteiger partial charge in [0.25, 0.3) is 0 Å². The second kappa shape index (κ2) is 13.5. The number of alkyl carbamates (subject to hydrolysis) is 1. The van der Waals surface area contributed by atoms with Crippen LogP contribution in [0.1, 0.15) is 44.9 Å². The Kier molecular flexibility index (Phi) is 10.3. The lowest BCUT2D eigenvalue weighted by atomic mass is 9.94. The van der Waals surface area contributed by atoms with E-state index in [-0.39, 0.29) is 42.0 Å². The van der Waals surface area contributed by atoms with Gasteiger partial charge in [0.2, 0.25) is 11.8 Å². The fourth-order valence-corrected chi connectivity index (χ4v) is 4.35. The number of phenolic OH excluding ortho intramolecular Hbond substituents is 1. The van der Waals surface area contributed by atoms with E-state index in [1.807, 2.05) is 0 Å². The number of carbonyl (C=O) groups is 4. The number of hydrogen-bond acceptors (Lipinski definition) is 9. The Labute approximate surface area is 243 Å². The maximum absolute atomic E-state index is 15.1. The molecule has 0 aromatic heterocycles. The Balaban J connectivity index is 2.07. The summed E-state index contributed by atoms with van der Waals surface area (Å²) in [6.07, 6.45) is -0.794. The highest BCUT2D eigenvalue weighted by Crippen LogP contribution is 2.40. The van der Waals surface area contributed by atoms with Gasteiger partial charge in [-0.3, -0.25) is 9.59 Å². The Hall–Kier alpha value is -4.39. The van der Waals surface area contributed by atoms with Gasteiger partial charge < -0.3 is 40.6 Å².